The standard InChI is InChI=1S/C16H20N4O4S2/c1-20(2)26(23,24)12-6-3-11(4-7-12)5-8-14-18-13(17)9-15(19-14)25-10-16(21)22/h3-4,6-7,9H,5,8,10H2,1-2H3,(H,21,22)(H2,17,18,19). The summed E-state index contributed by atoms with van der Waals surface area (Å²) >= 11 is 1.08. The van der Waals surface area contributed by atoms with Crippen molar-refractivity contribution < 1.29 is 18.3 Å². The number of aryl methyl sites for hydroxylation is 2. The molecule has 10 heteroatoms. The van der Waals surface area contributed by atoms with Crippen LogP contribution in [0.5, 0.6) is 0 Å². The van der Waals surface area contributed by atoms with Gasteiger partial charge in [0.25, 0.3) is 0 Å². The molecule has 140 valence electrons. The van der Waals surface area contributed by atoms with E-state index in [1.807, 2.05) is 0 Å². The number of aromatic nitrogens is 2. The molecule has 0 fully saturated rings. The van der Waals surface area contributed by atoms with Crippen molar-refractivity contribution in [3.05, 3.63) is 41.7 Å². The van der Waals surface area contributed by atoms with Crippen LogP contribution in [0.2, 0.25) is 0 Å². The van der Waals surface area contributed by atoms with Crippen molar-refractivity contribution in [2.75, 3.05) is 25.6 Å². The summed E-state index contributed by atoms with van der Waals surface area (Å²) in [6.45, 7) is 0. The number of carboxylic acids is 1. The van der Waals surface area contributed by atoms with E-state index in [0.29, 0.717) is 23.7 Å². The van der Waals surface area contributed by atoms with E-state index in [1.165, 1.54) is 24.5 Å². The molecule has 3 N–H and O–H groups in total. The fourth-order valence-electron chi connectivity index (χ4n) is 2.11. The maximum Gasteiger partial charge on any atom is 0.313 e. The van der Waals surface area contributed by atoms with Gasteiger partial charge < -0.3 is 10.8 Å². The molecule has 0 unspecified atom stereocenters. The number of aliphatic carboxylic acids is 1. The van der Waals surface area contributed by atoms with Crippen molar-refractivity contribution in [2.24, 2.45) is 0 Å². The fourth-order valence-corrected chi connectivity index (χ4v) is 3.66. The number of rotatable bonds is 8. The van der Waals surface area contributed by atoms with E-state index in [-0.39, 0.29) is 16.5 Å². The van der Waals surface area contributed by atoms with Crippen LogP contribution in [-0.2, 0) is 27.7 Å². The summed E-state index contributed by atoms with van der Waals surface area (Å²) in [7, 11) is -0.471. The Labute approximate surface area is 156 Å². The van der Waals surface area contributed by atoms with Crippen molar-refractivity contribution in [1.82, 2.24) is 14.3 Å². The lowest BCUT2D eigenvalue weighted by molar-refractivity contribution is -0.133. The maximum atomic E-state index is 12.1. The Bertz CT molecular complexity index is 884. The minimum absolute atomic E-state index is 0.0995. The zero-order valence-corrected chi connectivity index (χ0v) is 16.0. The lowest BCUT2D eigenvalue weighted by Gasteiger charge is -2.11. The van der Waals surface area contributed by atoms with Gasteiger partial charge in [0, 0.05) is 26.6 Å². The van der Waals surface area contributed by atoms with Crippen molar-refractivity contribution in [1.29, 1.82) is 0 Å². The number of anilines is 1. The lowest BCUT2D eigenvalue weighted by atomic mass is 10.1. The molecule has 0 bridgehead atoms. The molecular formula is C16H20N4O4S2. The highest BCUT2D eigenvalue weighted by atomic mass is 32.2. The molecule has 2 aromatic rings. The third-order valence-electron chi connectivity index (χ3n) is 3.45. The van der Waals surface area contributed by atoms with E-state index >= 15 is 0 Å². The van der Waals surface area contributed by atoms with Gasteiger partial charge in [0.1, 0.15) is 16.7 Å². The lowest BCUT2D eigenvalue weighted by Crippen LogP contribution is -2.22. The van der Waals surface area contributed by atoms with E-state index in [1.54, 1.807) is 24.3 Å². The van der Waals surface area contributed by atoms with Crippen LogP contribution in [-0.4, -0.2) is 53.6 Å². The Kier molecular flexibility index (Phi) is 6.57. The summed E-state index contributed by atoms with van der Waals surface area (Å²) in [5.74, 6) is -0.225. The normalized spacial score (nSPS) is 11.7. The van der Waals surface area contributed by atoms with Gasteiger partial charge in [-0.25, -0.2) is 22.7 Å². The quantitative estimate of drug-likeness (QED) is 0.504. The third-order valence-corrected chi connectivity index (χ3v) is 6.18. The highest BCUT2D eigenvalue weighted by Gasteiger charge is 2.16. The Hall–Kier alpha value is -2.17. The van der Waals surface area contributed by atoms with Gasteiger partial charge >= 0.3 is 5.97 Å². The molecule has 0 aliphatic rings. The number of thioether (sulfide) groups is 1. The number of nitrogen functional groups attached to an aromatic ring is 1. The summed E-state index contributed by atoms with van der Waals surface area (Å²) < 4.78 is 25.3. The van der Waals surface area contributed by atoms with Crippen molar-refractivity contribution in [3.8, 4) is 0 Å². The van der Waals surface area contributed by atoms with Gasteiger partial charge in [-0.2, -0.15) is 0 Å². The van der Waals surface area contributed by atoms with E-state index in [0.717, 1.165) is 17.3 Å². The Balaban J connectivity index is 2.06. The maximum absolute atomic E-state index is 12.1. The van der Waals surface area contributed by atoms with Crippen LogP contribution >= 0.6 is 11.8 Å². The van der Waals surface area contributed by atoms with Crippen LogP contribution in [0.1, 0.15) is 11.4 Å². The van der Waals surface area contributed by atoms with Gasteiger partial charge in [-0.3, -0.25) is 4.79 Å². The van der Waals surface area contributed by atoms with E-state index < -0.39 is 16.0 Å². The molecule has 0 saturated heterocycles. The summed E-state index contributed by atoms with van der Waals surface area (Å²) in [5, 5.41) is 9.25. The third kappa shape index (κ3) is 5.41. The SMILES string of the molecule is CN(C)S(=O)(=O)c1ccc(CCc2nc(N)cc(SCC(=O)O)n2)cc1. The molecule has 0 amide bonds. The molecule has 8 nitrogen and oxygen atoms in total. The number of nitrogens with zero attached hydrogens (tertiary/aromatic N) is 3. The highest BCUT2D eigenvalue weighted by Crippen LogP contribution is 2.19. The zero-order valence-electron chi connectivity index (χ0n) is 14.4. The molecule has 0 spiro atoms. The van der Waals surface area contributed by atoms with Crippen LogP contribution in [0, 0.1) is 0 Å². The van der Waals surface area contributed by atoms with E-state index in [9.17, 15) is 13.2 Å². The predicted molar refractivity (Wildman–Crippen MR) is 99.5 cm³/mol. The van der Waals surface area contributed by atoms with E-state index in [4.69, 9.17) is 10.8 Å². The monoisotopic (exact) mass is 396 g/mol. The number of hydrogen-bond acceptors (Lipinski definition) is 7. The molecule has 1 aromatic heterocycles. The average Bonchev–Trinajstić information content (AvgIpc) is 2.58. The molecule has 0 saturated carbocycles. The van der Waals surface area contributed by atoms with Gasteiger partial charge in [-0.05, 0) is 24.1 Å². The smallest absolute Gasteiger partial charge is 0.313 e. The Morgan fingerprint density at radius 1 is 1.19 bits per heavy atom. The summed E-state index contributed by atoms with van der Waals surface area (Å²) in [6.07, 6.45) is 1.11. The molecular weight excluding hydrogens is 376 g/mol. The zero-order chi connectivity index (χ0) is 19.3. The number of sulfonamides is 1. The summed E-state index contributed by atoms with van der Waals surface area (Å²) in [6, 6.07) is 8.18. The van der Waals surface area contributed by atoms with Crippen molar-refractivity contribution in [2.45, 2.75) is 22.8 Å². The second-order valence-corrected chi connectivity index (χ2v) is 8.81. The number of carboxylic acid groups (broad SMARTS) is 1. The first kappa shape index (κ1) is 20.1. The molecule has 26 heavy (non-hydrogen) atoms. The van der Waals surface area contributed by atoms with Gasteiger partial charge in [0.15, 0.2) is 0 Å². The first-order valence-corrected chi connectivity index (χ1v) is 10.1. The molecule has 0 radical (unpaired) electrons. The molecule has 1 aromatic carbocycles. The summed E-state index contributed by atoms with van der Waals surface area (Å²) in [5.41, 5.74) is 6.69. The second kappa shape index (κ2) is 8.47. The fraction of sp³-hybridized carbons (Fsp3) is 0.312. The minimum atomic E-state index is -3.44. The molecule has 0 atom stereocenters. The van der Waals surface area contributed by atoms with Crippen molar-refractivity contribution >= 4 is 33.6 Å². The van der Waals surface area contributed by atoms with Crippen LogP contribution in [0.3, 0.4) is 0 Å². The van der Waals surface area contributed by atoms with Gasteiger partial charge in [0.2, 0.25) is 10.0 Å². The van der Waals surface area contributed by atoms with Gasteiger partial charge in [0.05, 0.1) is 10.6 Å². The van der Waals surface area contributed by atoms with Gasteiger partial charge in [-0.1, -0.05) is 23.9 Å². The number of hydrogen-bond donors (Lipinski definition) is 2. The summed E-state index contributed by atoms with van der Waals surface area (Å²) in [4.78, 5) is 19.4. The molecule has 0 aliphatic heterocycles. The van der Waals surface area contributed by atoms with Gasteiger partial charge in [-0.15, -0.1) is 0 Å². The van der Waals surface area contributed by atoms with Crippen LogP contribution in [0.25, 0.3) is 0 Å². The van der Waals surface area contributed by atoms with E-state index in [2.05, 4.69) is 9.97 Å². The molecule has 2 rings (SSSR count). The van der Waals surface area contributed by atoms with Crippen LogP contribution in [0.15, 0.2) is 40.3 Å². The first-order valence-electron chi connectivity index (χ1n) is 7.68. The number of nitrogens with two attached hydrogens (primary N) is 1. The molecule has 1 heterocycles. The van der Waals surface area contributed by atoms with Crippen LogP contribution < -0.4 is 5.73 Å². The Morgan fingerprint density at radius 3 is 2.42 bits per heavy atom. The number of benzene rings is 1. The molecule has 0 aliphatic carbocycles. The Morgan fingerprint density at radius 2 is 1.85 bits per heavy atom. The average molecular weight is 396 g/mol. The highest BCUT2D eigenvalue weighted by molar-refractivity contribution is 7.99. The topological polar surface area (TPSA) is 126 Å². The van der Waals surface area contributed by atoms with Crippen molar-refractivity contribution in [3.63, 3.8) is 0 Å². The first-order chi connectivity index (χ1) is 12.2. The second-order valence-electron chi connectivity index (χ2n) is 5.66. The largest absolute Gasteiger partial charge is 0.481 e. The van der Waals surface area contributed by atoms with Crippen LogP contribution in [0.4, 0.5) is 5.82 Å². The number of carbonyl (C=O) groups is 1. The minimum Gasteiger partial charge on any atom is -0.481 e. The predicted octanol–water partition coefficient (Wildman–Crippen LogP) is 1.27.